The lowest BCUT2D eigenvalue weighted by atomic mass is 9.52. The van der Waals surface area contributed by atoms with Gasteiger partial charge in [0.15, 0.2) is 5.78 Å². The van der Waals surface area contributed by atoms with Crippen LogP contribution in [0.25, 0.3) is 0 Å². The van der Waals surface area contributed by atoms with Crippen LogP contribution in [-0.4, -0.2) is 27.1 Å². The number of carbonyl (C=O) groups is 2. The highest BCUT2D eigenvalue weighted by molar-refractivity contribution is 6.28. The van der Waals surface area contributed by atoms with Crippen molar-refractivity contribution in [2.24, 2.45) is 17.8 Å². The van der Waals surface area contributed by atoms with E-state index in [0.717, 1.165) is 32.1 Å². The van der Waals surface area contributed by atoms with Crippen molar-refractivity contribution in [1.29, 1.82) is 0 Å². The van der Waals surface area contributed by atoms with E-state index in [-0.39, 0.29) is 28.4 Å². The molecule has 4 fully saturated rings. The van der Waals surface area contributed by atoms with Crippen molar-refractivity contribution in [3.05, 3.63) is 17.0 Å². The molecular weight excluding hydrogens is 302 g/mol. The summed E-state index contributed by atoms with van der Waals surface area (Å²) in [6, 6.07) is 0. The fraction of sp³-hybridized carbons (Fsp3) is 0.625. The lowest BCUT2D eigenvalue weighted by Crippen LogP contribution is -2.58. The van der Waals surface area contributed by atoms with Gasteiger partial charge in [-0.15, -0.1) is 0 Å². The van der Waals surface area contributed by atoms with Crippen molar-refractivity contribution in [2.45, 2.75) is 44.6 Å². The molecule has 5 nitrogen and oxygen atoms in total. The van der Waals surface area contributed by atoms with Gasteiger partial charge in [0.1, 0.15) is 11.6 Å². The van der Waals surface area contributed by atoms with E-state index in [4.69, 9.17) is 11.6 Å². The third-order valence-corrected chi connectivity index (χ3v) is 5.70. The van der Waals surface area contributed by atoms with Gasteiger partial charge in [-0.05, 0) is 56.5 Å². The second-order valence-electron chi connectivity index (χ2n) is 7.11. The van der Waals surface area contributed by atoms with Crippen molar-refractivity contribution in [3.63, 3.8) is 0 Å². The number of aromatic nitrogens is 2. The molecule has 116 valence electrons. The average Bonchev–Trinajstić information content (AvgIpc) is 2.43. The van der Waals surface area contributed by atoms with Gasteiger partial charge in [0, 0.05) is 23.6 Å². The summed E-state index contributed by atoms with van der Waals surface area (Å²) >= 11 is 5.90. The van der Waals surface area contributed by atoms with Gasteiger partial charge in [-0.25, -0.2) is 9.97 Å². The first-order chi connectivity index (χ1) is 10.5. The highest BCUT2D eigenvalue weighted by Gasteiger charge is 2.55. The molecule has 1 heterocycles. The van der Waals surface area contributed by atoms with Gasteiger partial charge in [0.2, 0.25) is 5.28 Å². The Morgan fingerprint density at radius 3 is 2.64 bits per heavy atom. The topological polar surface area (TPSA) is 72.0 Å². The lowest BCUT2D eigenvalue weighted by Gasteiger charge is -2.56. The van der Waals surface area contributed by atoms with Gasteiger partial charge in [-0.3, -0.25) is 9.59 Å². The summed E-state index contributed by atoms with van der Waals surface area (Å²) in [6.45, 7) is 1.50. The Morgan fingerprint density at radius 1 is 1.32 bits per heavy atom. The van der Waals surface area contributed by atoms with Crippen LogP contribution < -0.4 is 5.32 Å². The maximum Gasteiger partial charge on any atom is 0.224 e. The van der Waals surface area contributed by atoms with Gasteiger partial charge < -0.3 is 5.32 Å². The Morgan fingerprint density at radius 2 is 2.00 bits per heavy atom. The molecule has 0 radical (unpaired) electrons. The summed E-state index contributed by atoms with van der Waals surface area (Å²) < 4.78 is 0. The molecule has 1 N–H and O–H groups in total. The smallest absolute Gasteiger partial charge is 0.224 e. The first-order valence-electron chi connectivity index (χ1n) is 7.81. The molecule has 5 rings (SSSR count). The summed E-state index contributed by atoms with van der Waals surface area (Å²) in [5, 5.41) is 3.62. The van der Waals surface area contributed by atoms with Gasteiger partial charge in [0.25, 0.3) is 0 Å². The lowest BCUT2D eigenvalue weighted by molar-refractivity contribution is -0.140. The third kappa shape index (κ3) is 2.14. The predicted molar refractivity (Wildman–Crippen MR) is 82.0 cm³/mol. The van der Waals surface area contributed by atoms with Crippen LogP contribution in [0.5, 0.6) is 0 Å². The normalized spacial score (nSPS) is 35.7. The van der Waals surface area contributed by atoms with Crippen molar-refractivity contribution < 1.29 is 9.59 Å². The van der Waals surface area contributed by atoms with Crippen molar-refractivity contribution in [2.75, 3.05) is 5.32 Å². The van der Waals surface area contributed by atoms with Crippen molar-refractivity contribution >= 4 is 29.0 Å². The molecule has 4 aliphatic rings. The van der Waals surface area contributed by atoms with Crippen LogP contribution in [0.1, 0.15) is 49.4 Å². The van der Waals surface area contributed by atoms with Crippen LogP contribution in [0.4, 0.5) is 5.82 Å². The highest BCUT2D eigenvalue weighted by atomic mass is 35.5. The Balaban J connectivity index is 1.68. The summed E-state index contributed by atoms with van der Waals surface area (Å²) in [6.07, 6.45) is 6.28. The number of nitrogens with one attached hydrogen (secondary N) is 1. The number of hydrogen-bond donors (Lipinski definition) is 1. The molecular formula is C16H18ClN3O2. The zero-order chi connectivity index (χ0) is 15.5. The van der Waals surface area contributed by atoms with E-state index in [2.05, 4.69) is 15.3 Å². The molecule has 4 bridgehead atoms. The molecule has 0 aromatic carbocycles. The van der Waals surface area contributed by atoms with Crippen LogP contribution in [0, 0.1) is 17.8 Å². The SMILES string of the molecule is CC(=O)c1cnc(Cl)nc1NC12CC3CC(C1)C(=O)C(C3)C2. The van der Waals surface area contributed by atoms with Gasteiger partial charge in [0.05, 0.1) is 5.56 Å². The van der Waals surface area contributed by atoms with Crippen LogP contribution in [0.2, 0.25) is 5.28 Å². The molecule has 1 aromatic heterocycles. The van der Waals surface area contributed by atoms with Crippen LogP contribution in [0.15, 0.2) is 6.20 Å². The fourth-order valence-electron chi connectivity index (χ4n) is 4.86. The third-order valence-electron chi connectivity index (χ3n) is 5.52. The first-order valence-corrected chi connectivity index (χ1v) is 8.19. The molecule has 2 atom stereocenters. The van der Waals surface area contributed by atoms with Gasteiger partial charge in [-0.2, -0.15) is 0 Å². The standard InChI is InChI=1S/C16H18ClN3O2/c1-8(21)12-7-18-15(17)19-14(12)20-16-4-9-2-10(5-16)13(22)11(3-9)6-16/h7,9-11H,2-6H2,1H3,(H,18,19,20). The predicted octanol–water partition coefficient (Wildman–Crippen LogP) is 2.89. The number of rotatable bonds is 3. The second kappa shape index (κ2) is 4.75. The zero-order valence-electron chi connectivity index (χ0n) is 12.4. The summed E-state index contributed by atoms with van der Waals surface area (Å²) in [5.74, 6) is 1.84. The Kier molecular flexibility index (Phi) is 3.05. The number of nitrogens with zero attached hydrogens (tertiary/aromatic N) is 2. The number of halogens is 1. The van der Waals surface area contributed by atoms with E-state index in [1.54, 1.807) is 0 Å². The van der Waals surface area contributed by atoms with Crippen molar-refractivity contribution in [3.8, 4) is 0 Å². The molecule has 2 unspecified atom stereocenters. The maximum atomic E-state index is 12.3. The molecule has 4 saturated carbocycles. The van der Waals surface area contributed by atoms with Crippen LogP contribution in [0.3, 0.4) is 0 Å². The van der Waals surface area contributed by atoms with Crippen LogP contribution >= 0.6 is 11.6 Å². The number of ketones is 2. The number of Topliss-reactive ketones (excluding diaryl/α,β-unsaturated/α-hetero) is 2. The first kappa shape index (κ1) is 14.1. The number of anilines is 1. The fourth-order valence-corrected chi connectivity index (χ4v) is 5.00. The van der Waals surface area contributed by atoms with E-state index < -0.39 is 0 Å². The average molecular weight is 320 g/mol. The minimum atomic E-state index is -0.119. The van der Waals surface area contributed by atoms with Gasteiger partial charge in [-0.1, -0.05) is 0 Å². The molecule has 0 aliphatic heterocycles. The van der Waals surface area contributed by atoms with E-state index in [0.29, 0.717) is 23.1 Å². The van der Waals surface area contributed by atoms with E-state index >= 15 is 0 Å². The Bertz CT molecular complexity index is 657. The van der Waals surface area contributed by atoms with Crippen molar-refractivity contribution in [1.82, 2.24) is 9.97 Å². The molecule has 22 heavy (non-hydrogen) atoms. The largest absolute Gasteiger partial charge is 0.364 e. The minimum absolute atomic E-state index is 0.0834. The van der Waals surface area contributed by atoms with E-state index in [1.807, 2.05) is 0 Å². The monoisotopic (exact) mass is 319 g/mol. The molecule has 1 aromatic rings. The Labute approximate surface area is 133 Å². The molecule has 4 aliphatic carbocycles. The van der Waals surface area contributed by atoms with Gasteiger partial charge >= 0.3 is 0 Å². The van der Waals surface area contributed by atoms with Crippen LogP contribution in [-0.2, 0) is 4.79 Å². The molecule has 0 saturated heterocycles. The quantitative estimate of drug-likeness (QED) is 0.685. The molecule has 0 spiro atoms. The Hall–Kier alpha value is -1.49. The summed E-state index contributed by atoms with van der Waals surface area (Å²) in [7, 11) is 0. The second-order valence-corrected chi connectivity index (χ2v) is 7.45. The van der Waals surface area contributed by atoms with E-state index in [9.17, 15) is 9.59 Å². The maximum absolute atomic E-state index is 12.3. The summed E-state index contributed by atoms with van der Waals surface area (Å²) in [5.41, 5.74) is 0.346. The summed E-state index contributed by atoms with van der Waals surface area (Å²) in [4.78, 5) is 32.2. The molecule has 0 amide bonds. The number of carbonyl (C=O) groups excluding carboxylic acids is 2. The zero-order valence-corrected chi connectivity index (χ0v) is 13.2. The number of hydrogen-bond acceptors (Lipinski definition) is 5. The highest BCUT2D eigenvalue weighted by Crippen LogP contribution is 2.55. The molecule has 6 heteroatoms. The minimum Gasteiger partial charge on any atom is -0.364 e. The van der Waals surface area contributed by atoms with E-state index in [1.165, 1.54) is 13.1 Å².